The molecule has 4 aliphatic rings. The van der Waals surface area contributed by atoms with Gasteiger partial charge in [-0.3, -0.25) is 64.9 Å². The van der Waals surface area contributed by atoms with Crippen molar-refractivity contribution in [1.29, 1.82) is 0 Å². The van der Waals surface area contributed by atoms with Crippen LogP contribution in [0.1, 0.15) is 189 Å². The standard InChI is InChI=1S/C28H32N4O4.C28H31N3O5.C28H31N3O4.C27H29N3O4/c1-17(2)31-12-14-32(15-13-31)25(19-8-10-30-11-9-19)24-23-22(28(34)35-16-29)18(3)36-27(23)21-7-5-4-6-20(21)26(24)33;1-17(2)30-12-14-31(15-13-30)25(19-8-10-29-11-9-19)24-23-22(28(34)35-16-32)18(3)36-27(23)21-7-5-4-6-20(21)26(24)33;1-17(2)30-13-15-31(16-14-30)25(19-9-11-29-12-10-19)24-23-22(28(33)34-4)18(3)35-27(23)21-8-6-5-7-20(21)26(24)32;1-16(2)29-12-14-30(15-13-29)24(18-8-10-28-11-9-18)23-22-21(27(32)33)17(3)34-26(22)20-7-5-4-6-19(20)25(23)31/h4-11,17,25,33H,12-16,29H2,1-3H3;4-11,17,25,32-33H,12-16H2,1-3H3;5-12,17,25,32H,13-16H2,1-4H3;4-11,16,24,31H,12-15H2,1-3H3,(H,32,33). The number of ether oxygens (including phenoxy) is 3. The van der Waals surface area contributed by atoms with Crippen molar-refractivity contribution in [2.75, 3.05) is 125 Å². The second-order valence-corrected chi connectivity index (χ2v) is 37.5. The van der Waals surface area contributed by atoms with E-state index >= 15 is 0 Å². The zero-order chi connectivity index (χ0) is 99.5. The summed E-state index contributed by atoms with van der Waals surface area (Å²) in [6, 6.07) is 46.2. The third-order valence-electron chi connectivity index (χ3n) is 28.5. The molecule has 30 heteroatoms. The highest BCUT2D eigenvalue weighted by molar-refractivity contribution is 6.20. The first-order chi connectivity index (χ1) is 68.1. The van der Waals surface area contributed by atoms with E-state index in [2.05, 4.69) is 115 Å². The zero-order valence-electron chi connectivity index (χ0n) is 81.9. The summed E-state index contributed by atoms with van der Waals surface area (Å²) in [7, 11) is 1.37. The van der Waals surface area contributed by atoms with Gasteiger partial charge in [0, 0.05) is 265 Å². The van der Waals surface area contributed by atoms with Crippen LogP contribution in [-0.4, -0.2) is 263 Å². The molecule has 141 heavy (non-hydrogen) atoms. The van der Waals surface area contributed by atoms with Crippen LogP contribution in [0.2, 0.25) is 0 Å². The molecule has 0 bridgehead atoms. The quantitative estimate of drug-likeness (QED) is 0.0188. The highest BCUT2D eigenvalue weighted by Crippen LogP contribution is 2.54. The molecule has 20 rings (SSSR count). The van der Waals surface area contributed by atoms with Crippen molar-refractivity contribution in [3.63, 3.8) is 0 Å². The van der Waals surface area contributed by atoms with Gasteiger partial charge in [-0.25, -0.2) is 19.2 Å². The lowest BCUT2D eigenvalue weighted by molar-refractivity contribution is 0.00675. The van der Waals surface area contributed by atoms with Crippen LogP contribution in [0.3, 0.4) is 0 Å². The summed E-state index contributed by atoms with van der Waals surface area (Å²) in [6.45, 7) is 37.1. The summed E-state index contributed by atoms with van der Waals surface area (Å²) >= 11 is 0. The number of rotatable bonds is 22. The number of phenols is 4. The fourth-order valence-electron chi connectivity index (χ4n) is 21.5. The van der Waals surface area contributed by atoms with Gasteiger partial charge in [-0.2, -0.15) is 0 Å². The van der Waals surface area contributed by atoms with E-state index in [1.54, 1.807) is 77.3 Å². The Labute approximate surface area is 817 Å². The van der Waals surface area contributed by atoms with Crippen LogP contribution in [0.25, 0.3) is 87.0 Å². The summed E-state index contributed by atoms with van der Waals surface area (Å²) in [6.07, 6.45) is 14.0. The molecular weight excluding hydrogens is 1790 g/mol. The molecule has 734 valence electrons. The minimum Gasteiger partial charge on any atom is -0.507 e. The number of methoxy groups -OCH3 is 1. The first kappa shape index (κ1) is 98.8. The first-order valence-corrected chi connectivity index (χ1v) is 48.3. The number of hydrogen-bond donors (Lipinski definition) is 7. The molecule has 8 N–H and O–H groups in total. The molecule has 0 aliphatic carbocycles. The van der Waals surface area contributed by atoms with E-state index in [1.807, 2.05) is 146 Å². The SMILES string of the molecule is COC(=O)c1c(C)oc2c1c(C(c1ccncc1)N1CCN(C(C)C)CC1)c(O)c1ccccc12.Cc1oc2c(c1C(=O)O)c(C(c1ccncc1)N1CCN(C(C)C)CC1)c(O)c1ccccc12.Cc1oc2c(c1C(=O)OCN)c(C(c1ccncc1)N1CCN(C(C)C)CC1)c(O)c1ccccc12.Cc1oc2c(c1C(=O)OCO)c(C(c1ccncc1)N1CCN(C(C)C)CC1)c(O)c1ccccc12. The van der Waals surface area contributed by atoms with Crippen molar-refractivity contribution in [2.24, 2.45) is 5.73 Å². The van der Waals surface area contributed by atoms with E-state index in [9.17, 15) is 49.8 Å². The average molecular weight is 1910 g/mol. The maximum Gasteiger partial charge on any atom is 0.344 e. The average Bonchev–Trinajstić information content (AvgIpc) is 1.62. The molecule has 8 aromatic carbocycles. The highest BCUT2D eigenvalue weighted by Gasteiger charge is 2.42. The number of benzene rings is 8. The Balaban J connectivity index is 0.000000130. The van der Waals surface area contributed by atoms with Gasteiger partial charge in [0.15, 0.2) is 6.79 Å². The van der Waals surface area contributed by atoms with Crippen molar-refractivity contribution in [3.8, 4) is 23.0 Å². The number of nitrogens with two attached hydrogens (primary N) is 1. The summed E-state index contributed by atoms with van der Waals surface area (Å²) < 4.78 is 40.0. The predicted octanol–water partition coefficient (Wildman–Crippen LogP) is 18.1. The normalized spacial score (nSPS) is 16.2. The van der Waals surface area contributed by atoms with Crippen molar-refractivity contribution < 1.29 is 81.7 Å². The topological polar surface area (TPSA) is 373 Å². The van der Waals surface area contributed by atoms with Crippen LogP contribution in [0, 0.1) is 27.7 Å². The monoisotopic (exact) mass is 1910 g/mol. The van der Waals surface area contributed by atoms with Gasteiger partial charge in [-0.1, -0.05) is 97.1 Å². The molecule has 0 amide bonds. The number of esters is 3. The number of aliphatic hydroxyl groups excluding tert-OH is 1. The maximum atomic E-state index is 13.1. The highest BCUT2D eigenvalue weighted by atomic mass is 16.6. The second-order valence-electron chi connectivity index (χ2n) is 37.5. The number of phenolic OH excluding ortho intramolecular Hbond substituents is 4. The summed E-state index contributed by atoms with van der Waals surface area (Å²) in [4.78, 5) is 87.5. The summed E-state index contributed by atoms with van der Waals surface area (Å²) in [5.74, 6) is -0.701. The number of furan rings is 4. The predicted molar refractivity (Wildman–Crippen MR) is 543 cm³/mol. The van der Waals surface area contributed by atoms with Crippen LogP contribution in [0.4, 0.5) is 0 Å². The number of aliphatic hydroxyl groups is 1. The Hall–Kier alpha value is -13.8. The molecule has 8 aromatic heterocycles. The number of aryl methyl sites for hydroxylation is 4. The Bertz CT molecular complexity index is 7000. The number of piperazine rings is 4. The lowest BCUT2D eigenvalue weighted by Gasteiger charge is -2.41. The summed E-state index contributed by atoms with van der Waals surface area (Å²) in [5, 5.41) is 74.3. The lowest BCUT2D eigenvalue weighted by Crippen LogP contribution is -2.50. The van der Waals surface area contributed by atoms with Gasteiger partial charge in [-0.15, -0.1) is 0 Å². The van der Waals surface area contributed by atoms with Crippen molar-refractivity contribution >= 4 is 111 Å². The summed E-state index contributed by atoms with van der Waals surface area (Å²) in [5.41, 5.74) is 15.0. The van der Waals surface area contributed by atoms with Crippen LogP contribution in [0.15, 0.2) is 213 Å². The number of hydrogen-bond acceptors (Lipinski definition) is 29. The Morgan fingerprint density at radius 3 is 0.738 bits per heavy atom. The van der Waals surface area contributed by atoms with E-state index < -0.39 is 30.7 Å². The Morgan fingerprint density at radius 2 is 0.525 bits per heavy atom. The molecule has 4 atom stereocenters. The largest absolute Gasteiger partial charge is 0.507 e. The van der Waals surface area contributed by atoms with Crippen LogP contribution < -0.4 is 5.73 Å². The zero-order valence-corrected chi connectivity index (χ0v) is 81.9. The van der Waals surface area contributed by atoms with Gasteiger partial charge < -0.3 is 62.5 Å². The number of carboxylic acids is 1. The van der Waals surface area contributed by atoms with Crippen molar-refractivity contribution in [3.05, 3.63) is 285 Å². The number of carboxylic acid groups (broad SMARTS) is 1. The number of fused-ring (bicyclic) bond motifs is 12. The minimum absolute atomic E-state index is 0.0968. The van der Waals surface area contributed by atoms with E-state index in [4.69, 9.17) is 37.6 Å². The van der Waals surface area contributed by atoms with Crippen LogP contribution in [0.5, 0.6) is 23.0 Å². The third kappa shape index (κ3) is 19.2. The first-order valence-electron chi connectivity index (χ1n) is 48.3. The fraction of sp³-hybridized carbons (Fsp3) is 0.351. The van der Waals surface area contributed by atoms with Gasteiger partial charge in [0.05, 0.1) is 31.3 Å². The third-order valence-corrected chi connectivity index (χ3v) is 28.5. The molecule has 16 aromatic rings. The molecule has 4 unspecified atom stereocenters. The van der Waals surface area contributed by atoms with Gasteiger partial charge >= 0.3 is 23.9 Å². The molecule has 0 spiro atoms. The molecule has 12 heterocycles. The van der Waals surface area contributed by atoms with E-state index in [0.29, 0.717) is 157 Å². The Morgan fingerprint density at radius 1 is 0.319 bits per heavy atom. The van der Waals surface area contributed by atoms with Gasteiger partial charge in [0.1, 0.15) is 97.4 Å². The molecule has 0 saturated carbocycles. The smallest absolute Gasteiger partial charge is 0.344 e. The van der Waals surface area contributed by atoms with E-state index in [1.165, 1.54) is 7.11 Å². The number of pyridine rings is 4. The molecule has 30 nitrogen and oxygen atoms in total. The minimum atomic E-state index is -1.06. The van der Waals surface area contributed by atoms with Gasteiger partial charge in [-0.05, 0) is 154 Å². The number of aromatic hydroxyl groups is 4. The van der Waals surface area contributed by atoms with Crippen LogP contribution in [-0.2, 0) is 14.2 Å². The maximum absolute atomic E-state index is 13.1. The van der Waals surface area contributed by atoms with Gasteiger partial charge in [0.2, 0.25) is 0 Å². The number of carbonyl (C=O) groups excluding carboxylic acids is 3. The fourth-order valence-corrected chi connectivity index (χ4v) is 21.5. The van der Waals surface area contributed by atoms with Crippen molar-refractivity contribution in [1.82, 2.24) is 59.1 Å². The molecule has 4 saturated heterocycles. The van der Waals surface area contributed by atoms with Crippen molar-refractivity contribution in [2.45, 2.75) is 131 Å². The van der Waals surface area contributed by atoms with Crippen LogP contribution >= 0.6 is 0 Å². The number of carbonyl (C=O) groups is 4. The molecule has 4 aliphatic heterocycles. The Kier molecular flexibility index (Phi) is 30.0. The second kappa shape index (κ2) is 42.7. The number of aromatic carboxylic acids is 1. The van der Waals surface area contributed by atoms with E-state index in [-0.39, 0.29) is 65.0 Å². The molecule has 4 fully saturated rings. The molecule has 0 radical (unpaired) electrons. The van der Waals surface area contributed by atoms with E-state index in [0.717, 1.165) is 138 Å². The molecular formula is C111H123N13O17. The number of aromatic nitrogens is 4. The lowest BCUT2D eigenvalue weighted by atomic mass is 9.89. The van der Waals surface area contributed by atoms with Gasteiger partial charge in [0.25, 0.3) is 0 Å². The number of nitrogens with zero attached hydrogens (tertiary/aromatic N) is 12.